The maximum atomic E-state index is 11.6. The molecule has 6 nitrogen and oxygen atoms in total. The number of benzene rings is 1. The molecular weight excluding hydrogens is 292 g/mol. The molecule has 1 rings (SSSR count). The minimum atomic E-state index is -0.202. The number of rotatable bonds is 5. The van der Waals surface area contributed by atoms with Crippen molar-refractivity contribution in [3.63, 3.8) is 0 Å². The largest absolute Gasteiger partial charge is 0.352 e. The molecule has 1 unspecified atom stereocenters. The van der Waals surface area contributed by atoms with Gasteiger partial charge in [0.25, 0.3) is 0 Å². The quantitative estimate of drug-likeness (QED) is 0.768. The van der Waals surface area contributed by atoms with Gasteiger partial charge in [-0.15, -0.1) is 12.4 Å². The second kappa shape index (κ2) is 9.20. The van der Waals surface area contributed by atoms with E-state index in [1.807, 2.05) is 18.2 Å². The number of nitrogens with zero attached hydrogens (tertiary/aromatic N) is 1. The Morgan fingerprint density at radius 1 is 1.33 bits per heavy atom. The maximum Gasteiger partial charge on any atom is 0.321 e. The normalized spacial score (nSPS) is 11.0. The van der Waals surface area contributed by atoms with Crippen molar-refractivity contribution in [2.75, 3.05) is 26.0 Å². The third kappa shape index (κ3) is 6.46. The first-order valence-corrected chi connectivity index (χ1v) is 6.49. The monoisotopic (exact) mass is 314 g/mol. The molecule has 118 valence electrons. The summed E-state index contributed by atoms with van der Waals surface area (Å²) in [5, 5.41) is 5.57. The first kappa shape index (κ1) is 19.2. The molecule has 1 aromatic rings. The number of hydrogen-bond donors (Lipinski definition) is 3. The van der Waals surface area contributed by atoms with Crippen molar-refractivity contribution in [2.24, 2.45) is 11.7 Å². The number of nitrogens with one attached hydrogen (secondary N) is 2. The second-order valence-electron chi connectivity index (χ2n) is 4.88. The van der Waals surface area contributed by atoms with Gasteiger partial charge in [0, 0.05) is 38.8 Å². The lowest BCUT2D eigenvalue weighted by atomic mass is 10.1. The molecule has 7 heteroatoms. The van der Waals surface area contributed by atoms with Crippen molar-refractivity contribution in [3.8, 4) is 0 Å². The Labute approximate surface area is 131 Å². The predicted octanol–water partition coefficient (Wildman–Crippen LogP) is 1.41. The number of urea groups is 1. The lowest BCUT2D eigenvalue weighted by Crippen LogP contribution is -2.32. The van der Waals surface area contributed by atoms with E-state index in [-0.39, 0.29) is 30.3 Å². The predicted molar refractivity (Wildman–Crippen MR) is 86.5 cm³/mol. The summed E-state index contributed by atoms with van der Waals surface area (Å²) >= 11 is 0. The fraction of sp³-hybridized carbons (Fsp3) is 0.429. The van der Waals surface area contributed by atoms with Crippen molar-refractivity contribution >= 4 is 30.0 Å². The molecule has 0 heterocycles. The third-order valence-electron chi connectivity index (χ3n) is 2.85. The molecule has 0 radical (unpaired) electrons. The maximum absolute atomic E-state index is 11.6. The van der Waals surface area contributed by atoms with Gasteiger partial charge in [-0.1, -0.05) is 19.1 Å². The summed E-state index contributed by atoms with van der Waals surface area (Å²) in [7, 11) is 3.35. The number of amides is 3. The van der Waals surface area contributed by atoms with E-state index in [9.17, 15) is 9.59 Å². The number of halogens is 1. The highest BCUT2D eigenvalue weighted by Crippen LogP contribution is 2.11. The van der Waals surface area contributed by atoms with Crippen molar-refractivity contribution in [1.29, 1.82) is 0 Å². The standard InChI is InChI=1S/C14H22N4O2.ClH/c1-10(8-15)13(19)16-9-11-5-4-6-12(7-11)17-14(20)18(2)3;/h4-7,10H,8-9,15H2,1-3H3,(H,16,19)(H,17,20);1H. The third-order valence-corrected chi connectivity index (χ3v) is 2.85. The van der Waals surface area contributed by atoms with Gasteiger partial charge in [0.1, 0.15) is 0 Å². The summed E-state index contributed by atoms with van der Waals surface area (Å²) in [5.74, 6) is -0.276. The summed E-state index contributed by atoms with van der Waals surface area (Å²) in [6, 6.07) is 7.16. The molecule has 1 aromatic carbocycles. The van der Waals surface area contributed by atoms with Gasteiger partial charge in [-0.25, -0.2) is 4.79 Å². The zero-order valence-electron chi connectivity index (χ0n) is 12.6. The van der Waals surface area contributed by atoms with E-state index in [2.05, 4.69) is 10.6 Å². The summed E-state index contributed by atoms with van der Waals surface area (Å²) < 4.78 is 0. The van der Waals surface area contributed by atoms with Crippen LogP contribution in [-0.2, 0) is 11.3 Å². The van der Waals surface area contributed by atoms with Crippen LogP contribution in [0.1, 0.15) is 12.5 Å². The van der Waals surface area contributed by atoms with E-state index in [1.54, 1.807) is 27.1 Å². The molecule has 0 aliphatic carbocycles. The van der Waals surface area contributed by atoms with Crippen LogP contribution in [0.15, 0.2) is 24.3 Å². The van der Waals surface area contributed by atoms with Crippen molar-refractivity contribution in [3.05, 3.63) is 29.8 Å². The zero-order chi connectivity index (χ0) is 15.1. The SMILES string of the molecule is CC(CN)C(=O)NCc1cccc(NC(=O)N(C)C)c1.Cl. The molecule has 0 spiro atoms. The Morgan fingerprint density at radius 2 is 2.00 bits per heavy atom. The van der Waals surface area contributed by atoms with Gasteiger partial charge in [-0.3, -0.25) is 4.79 Å². The summed E-state index contributed by atoms with van der Waals surface area (Å²) in [4.78, 5) is 24.6. The molecule has 0 fully saturated rings. The van der Waals surface area contributed by atoms with Crippen molar-refractivity contribution in [2.45, 2.75) is 13.5 Å². The van der Waals surface area contributed by atoms with E-state index in [4.69, 9.17) is 5.73 Å². The Morgan fingerprint density at radius 3 is 2.57 bits per heavy atom. The molecule has 3 amide bonds. The highest BCUT2D eigenvalue weighted by atomic mass is 35.5. The van der Waals surface area contributed by atoms with E-state index in [0.717, 1.165) is 5.56 Å². The number of hydrogen-bond acceptors (Lipinski definition) is 3. The second-order valence-corrected chi connectivity index (χ2v) is 4.88. The molecule has 0 aliphatic heterocycles. The molecule has 0 bridgehead atoms. The number of nitrogens with two attached hydrogens (primary N) is 1. The van der Waals surface area contributed by atoms with Crippen molar-refractivity contribution < 1.29 is 9.59 Å². The molecule has 0 saturated heterocycles. The molecule has 1 atom stereocenters. The van der Waals surface area contributed by atoms with Gasteiger partial charge in [0.05, 0.1) is 0 Å². The average Bonchev–Trinajstić information content (AvgIpc) is 2.44. The van der Waals surface area contributed by atoms with Crippen LogP contribution < -0.4 is 16.4 Å². The lowest BCUT2D eigenvalue weighted by molar-refractivity contribution is -0.124. The summed E-state index contributed by atoms with van der Waals surface area (Å²) in [5.41, 5.74) is 7.05. The number of carbonyl (C=O) groups is 2. The van der Waals surface area contributed by atoms with Crippen LogP contribution in [0.3, 0.4) is 0 Å². The minimum absolute atomic E-state index is 0. The Balaban J connectivity index is 0.00000400. The van der Waals surface area contributed by atoms with Crippen LogP contribution in [0.2, 0.25) is 0 Å². The molecule has 0 saturated carbocycles. The summed E-state index contributed by atoms with van der Waals surface area (Å²) in [6.07, 6.45) is 0. The molecule has 21 heavy (non-hydrogen) atoms. The summed E-state index contributed by atoms with van der Waals surface area (Å²) in [6.45, 7) is 2.52. The Hall–Kier alpha value is -1.79. The number of carbonyl (C=O) groups excluding carboxylic acids is 2. The van der Waals surface area contributed by atoms with E-state index < -0.39 is 0 Å². The van der Waals surface area contributed by atoms with Crippen molar-refractivity contribution in [1.82, 2.24) is 10.2 Å². The van der Waals surface area contributed by atoms with Gasteiger partial charge in [0.15, 0.2) is 0 Å². The smallest absolute Gasteiger partial charge is 0.321 e. The van der Waals surface area contributed by atoms with Crippen LogP contribution in [0.25, 0.3) is 0 Å². The van der Waals surface area contributed by atoms with E-state index in [0.29, 0.717) is 18.8 Å². The fourth-order valence-electron chi connectivity index (χ4n) is 1.46. The van der Waals surface area contributed by atoms with E-state index in [1.165, 1.54) is 4.90 Å². The number of anilines is 1. The topological polar surface area (TPSA) is 87.5 Å². The van der Waals surface area contributed by atoms with Gasteiger partial charge in [0.2, 0.25) is 5.91 Å². The Bertz CT molecular complexity index is 480. The van der Waals surface area contributed by atoms with Gasteiger partial charge in [-0.2, -0.15) is 0 Å². The molecular formula is C14H23ClN4O2. The zero-order valence-corrected chi connectivity index (χ0v) is 13.4. The van der Waals surface area contributed by atoms with Crippen LogP contribution >= 0.6 is 12.4 Å². The van der Waals surface area contributed by atoms with Gasteiger partial charge in [-0.05, 0) is 17.7 Å². The van der Waals surface area contributed by atoms with Crippen LogP contribution in [0, 0.1) is 5.92 Å². The molecule has 0 aromatic heterocycles. The lowest BCUT2D eigenvalue weighted by Gasteiger charge is -2.13. The molecule has 4 N–H and O–H groups in total. The van der Waals surface area contributed by atoms with Gasteiger partial charge >= 0.3 is 6.03 Å². The van der Waals surface area contributed by atoms with Crippen LogP contribution in [0.5, 0.6) is 0 Å². The van der Waals surface area contributed by atoms with Crippen LogP contribution in [-0.4, -0.2) is 37.5 Å². The van der Waals surface area contributed by atoms with Gasteiger partial charge < -0.3 is 21.3 Å². The van der Waals surface area contributed by atoms with E-state index >= 15 is 0 Å². The Kier molecular flexibility index (Phi) is 8.42. The first-order chi connectivity index (χ1) is 9.43. The molecule has 0 aliphatic rings. The minimum Gasteiger partial charge on any atom is -0.352 e. The highest BCUT2D eigenvalue weighted by Gasteiger charge is 2.10. The average molecular weight is 315 g/mol. The fourth-order valence-corrected chi connectivity index (χ4v) is 1.46. The highest BCUT2D eigenvalue weighted by molar-refractivity contribution is 5.89. The first-order valence-electron chi connectivity index (χ1n) is 6.49. The van der Waals surface area contributed by atoms with Crippen LogP contribution in [0.4, 0.5) is 10.5 Å².